The van der Waals surface area contributed by atoms with Crippen molar-refractivity contribution in [1.82, 2.24) is 5.32 Å². The maximum Gasteiger partial charge on any atom is 0.0897 e. The van der Waals surface area contributed by atoms with Gasteiger partial charge < -0.3 is 19.9 Å². The highest BCUT2D eigenvalue weighted by Crippen LogP contribution is 2.14. The molecule has 0 amide bonds. The van der Waals surface area contributed by atoms with Gasteiger partial charge in [0.05, 0.1) is 12.7 Å². The number of unbranched alkanes of at least 4 members (excludes halogenated alkanes) is 3. The van der Waals surface area contributed by atoms with Crippen molar-refractivity contribution in [2.45, 2.75) is 51.6 Å². The lowest BCUT2D eigenvalue weighted by Crippen LogP contribution is -2.31. The van der Waals surface area contributed by atoms with E-state index in [9.17, 15) is 5.11 Å². The minimum atomic E-state index is -0.383. The van der Waals surface area contributed by atoms with E-state index in [4.69, 9.17) is 9.47 Å². The van der Waals surface area contributed by atoms with E-state index in [1.165, 1.54) is 25.7 Å². The Hall–Kier alpha value is -0.160. The van der Waals surface area contributed by atoms with Gasteiger partial charge in [0, 0.05) is 26.4 Å². The van der Waals surface area contributed by atoms with Gasteiger partial charge in [0.1, 0.15) is 0 Å². The summed E-state index contributed by atoms with van der Waals surface area (Å²) in [6.07, 6.45) is 6.81. The van der Waals surface area contributed by atoms with Crippen molar-refractivity contribution in [3.63, 3.8) is 0 Å². The van der Waals surface area contributed by atoms with Crippen LogP contribution in [0.4, 0.5) is 0 Å². The van der Waals surface area contributed by atoms with Gasteiger partial charge in [-0.1, -0.05) is 26.2 Å². The molecule has 1 heterocycles. The highest BCUT2D eigenvalue weighted by molar-refractivity contribution is 4.66. The average Bonchev–Trinajstić information content (AvgIpc) is 2.92. The van der Waals surface area contributed by atoms with Crippen LogP contribution in [0.25, 0.3) is 0 Å². The lowest BCUT2D eigenvalue weighted by Gasteiger charge is -2.13. The maximum atomic E-state index is 9.73. The summed E-state index contributed by atoms with van der Waals surface area (Å²) in [6.45, 7) is 6.84. The molecule has 4 nitrogen and oxygen atoms in total. The Labute approximate surface area is 117 Å². The molecule has 1 aliphatic rings. The summed E-state index contributed by atoms with van der Waals surface area (Å²) in [7, 11) is 0. The second kappa shape index (κ2) is 11.6. The molecule has 19 heavy (non-hydrogen) atoms. The van der Waals surface area contributed by atoms with Gasteiger partial charge in [0.25, 0.3) is 0 Å². The second-order valence-corrected chi connectivity index (χ2v) is 5.51. The molecule has 0 aromatic heterocycles. The lowest BCUT2D eigenvalue weighted by molar-refractivity contribution is 0.0354. The fraction of sp³-hybridized carbons (Fsp3) is 1.00. The summed E-state index contributed by atoms with van der Waals surface area (Å²) in [5.41, 5.74) is 0. The van der Waals surface area contributed by atoms with Crippen molar-refractivity contribution < 1.29 is 14.6 Å². The largest absolute Gasteiger partial charge is 0.389 e. The zero-order valence-electron chi connectivity index (χ0n) is 12.4. The van der Waals surface area contributed by atoms with Crippen LogP contribution in [0.1, 0.15) is 45.4 Å². The number of aliphatic hydroxyl groups is 1. The van der Waals surface area contributed by atoms with Gasteiger partial charge in [-0.3, -0.25) is 0 Å². The van der Waals surface area contributed by atoms with E-state index in [1.807, 2.05) is 0 Å². The van der Waals surface area contributed by atoms with Crippen molar-refractivity contribution >= 4 is 0 Å². The predicted octanol–water partition coefficient (Wildman–Crippen LogP) is 1.96. The molecule has 1 fully saturated rings. The smallest absolute Gasteiger partial charge is 0.0897 e. The third kappa shape index (κ3) is 9.38. The maximum absolute atomic E-state index is 9.73. The molecule has 0 saturated carbocycles. The molecule has 4 heteroatoms. The first-order chi connectivity index (χ1) is 9.33. The summed E-state index contributed by atoms with van der Waals surface area (Å²) in [4.78, 5) is 0. The molecule has 0 radical (unpaired) electrons. The summed E-state index contributed by atoms with van der Waals surface area (Å²) in [5, 5.41) is 13.0. The Bertz CT molecular complexity index is 196. The Balaban J connectivity index is 1.80. The third-order valence-corrected chi connectivity index (χ3v) is 3.59. The van der Waals surface area contributed by atoms with Crippen LogP contribution in [0.5, 0.6) is 0 Å². The predicted molar refractivity (Wildman–Crippen MR) is 77.4 cm³/mol. The number of hydrogen-bond acceptors (Lipinski definition) is 4. The standard InChI is InChI=1S/C15H31NO3/c1-2-3-4-5-9-18-13-15(17)11-16-8-6-14-7-10-19-12-14/h14-17H,2-13H2,1H3. The third-order valence-electron chi connectivity index (χ3n) is 3.59. The lowest BCUT2D eigenvalue weighted by atomic mass is 10.1. The van der Waals surface area contributed by atoms with E-state index in [0.29, 0.717) is 19.1 Å². The Morgan fingerprint density at radius 2 is 2.26 bits per heavy atom. The van der Waals surface area contributed by atoms with Gasteiger partial charge in [-0.15, -0.1) is 0 Å². The normalized spacial score (nSPS) is 20.8. The van der Waals surface area contributed by atoms with Crippen molar-refractivity contribution in [1.29, 1.82) is 0 Å². The molecule has 0 aliphatic carbocycles. The number of ether oxygens (including phenoxy) is 2. The van der Waals surface area contributed by atoms with Crippen molar-refractivity contribution in [2.75, 3.05) is 39.5 Å². The van der Waals surface area contributed by atoms with E-state index in [-0.39, 0.29) is 6.10 Å². The molecule has 0 aromatic carbocycles. The highest BCUT2D eigenvalue weighted by atomic mass is 16.5. The van der Waals surface area contributed by atoms with Gasteiger partial charge in [-0.05, 0) is 31.7 Å². The molecule has 0 bridgehead atoms. The van der Waals surface area contributed by atoms with Crippen molar-refractivity contribution in [3.8, 4) is 0 Å². The van der Waals surface area contributed by atoms with Crippen LogP contribution in [-0.2, 0) is 9.47 Å². The molecule has 2 N–H and O–H groups in total. The van der Waals surface area contributed by atoms with Crippen molar-refractivity contribution in [2.24, 2.45) is 5.92 Å². The zero-order chi connectivity index (χ0) is 13.8. The molecular weight excluding hydrogens is 242 g/mol. The molecule has 1 saturated heterocycles. The number of nitrogens with one attached hydrogen (secondary N) is 1. The monoisotopic (exact) mass is 273 g/mol. The Morgan fingerprint density at radius 3 is 3.00 bits per heavy atom. The van der Waals surface area contributed by atoms with Crippen LogP contribution in [0, 0.1) is 5.92 Å². The fourth-order valence-electron chi connectivity index (χ4n) is 2.30. The first-order valence-corrected chi connectivity index (χ1v) is 7.87. The molecule has 1 aliphatic heterocycles. The minimum Gasteiger partial charge on any atom is -0.389 e. The molecule has 0 spiro atoms. The van der Waals surface area contributed by atoms with Gasteiger partial charge in [-0.25, -0.2) is 0 Å². The summed E-state index contributed by atoms with van der Waals surface area (Å²) < 4.78 is 10.8. The van der Waals surface area contributed by atoms with Crippen molar-refractivity contribution in [3.05, 3.63) is 0 Å². The number of hydrogen-bond donors (Lipinski definition) is 2. The first kappa shape index (κ1) is 16.9. The topological polar surface area (TPSA) is 50.7 Å². The second-order valence-electron chi connectivity index (χ2n) is 5.51. The average molecular weight is 273 g/mol. The molecule has 0 aromatic rings. The van der Waals surface area contributed by atoms with E-state index in [2.05, 4.69) is 12.2 Å². The minimum absolute atomic E-state index is 0.383. The van der Waals surface area contributed by atoms with Crippen LogP contribution in [-0.4, -0.2) is 50.7 Å². The van der Waals surface area contributed by atoms with Crippen LogP contribution < -0.4 is 5.32 Å². The highest BCUT2D eigenvalue weighted by Gasteiger charge is 2.14. The van der Waals surface area contributed by atoms with Crippen LogP contribution in [0.2, 0.25) is 0 Å². The van der Waals surface area contributed by atoms with Gasteiger partial charge in [0.2, 0.25) is 0 Å². The number of aliphatic hydroxyl groups excluding tert-OH is 1. The molecular formula is C15H31NO3. The molecule has 2 atom stereocenters. The molecule has 2 unspecified atom stereocenters. The summed E-state index contributed by atoms with van der Waals surface area (Å²) >= 11 is 0. The van der Waals surface area contributed by atoms with Crippen LogP contribution in [0.15, 0.2) is 0 Å². The molecule has 114 valence electrons. The van der Waals surface area contributed by atoms with Gasteiger partial charge >= 0.3 is 0 Å². The Morgan fingerprint density at radius 1 is 1.37 bits per heavy atom. The fourth-order valence-corrected chi connectivity index (χ4v) is 2.30. The van der Waals surface area contributed by atoms with E-state index in [1.54, 1.807) is 0 Å². The quantitative estimate of drug-likeness (QED) is 0.534. The zero-order valence-corrected chi connectivity index (χ0v) is 12.4. The van der Waals surface area contributed by atoms with Crippen LogP contribution in [0.3, 0.4) is 0 Å². The first-order valence-electron chi connectivity index (χ1n) is 7.87. The summed E-state index contributed by atoms with van der Waals surface area (Å²) in [6, 6.07) is 0. The SMILES string of the molecule is CCCCCCOCC(O)CNCCC1CCOC1. The van der Waals surface area contributed by atoms with E-state index < -0.39 is 0 Å². The summed E-state index contributed by atoms with van der Waals surface area (Å²) in [5.74, 6) is 0.708. The number of rotatable bonds is 12. The molecule has 1 rings (SSSR count). The Kier molecular flexibility index (Phi) is 10.4. The van der Waals surface area contributed by atoms with Crippen LogP contribution >= 0.6 is 0 Å². The van der Waals surface area contributed by atoms with E-state index >= 15 is 0 Å². The van der Waals surface area contributed by atoms with Gasteiger partial charge in [0.15, 0.2) is 0 Å². The van der Waals surface area contributed by atoms with Gasteiger partial charge in [-0.2, -0.15) is 0 Å². The van der Waals surface area contributed by atoms with E-state index in [0.717, 1.165) is 39.2 Å².